The van der Waals surface area contributed by atoms with E-state index < -0.39 is 10.0 Å². The second-order valence-corrected chi connectivity index (χ2v) is 8.70. The van der Waals surface area contributed by atoms with Crippen molar-refractivity contribution >= 4 is 15.8 Å². The van der Waals surface area contributed by atoms with Gasteiger partial charge < -0.3 is 9.64 Å². The maximum atomic E-state index is 12.7. The molecule has 7 heteroatoms. The lowest BCUT2D eigenvalue weighted by Crippen LogP contribution is -2.21. The minimum Gasteiger partial charge on any atom is -0.495 e. The molecule has 6 nitrogen and oxygen atoms in total. The fourth-order valence-electron chi connectivity index (χ4n) is 3.59. The van der Waals surface area contributed by atoms with Crippen molar-refractivity contribution in [3.63, 3.8) is 0 Å². The second kappa shape index (κ2) is 8.27. The molecule has 1 N–H and O–H groups in total. The van der Waals surface area contributed by atoms with Gasteiger partial charge in [-0.3, -0.25) is 4.72 Å². The summed E-state index contributed by atoms with van der Waals surface area (Å²) < 4.78 is 33.5. The Morgan fingerprint density at radius 3 is 2.85 bits per heavy atom. The molecule has 1 aliphatic rings. The number of anilines is 1. The van der Waals surface area contributed by atoms with Gasteiger partial charge in [0, 0.05) is 18.0 Å². The molecule has 2 heterocycles. The maximum absolute atomic E-state index is 12.7. The summed E-state index contributed by atoms with van der Waals surface area (Å²) in [4.78, 5) is 6.91. The number of pyridine rings is 1. The van der Waals surface area contributed by atoms with Crippen LogP contribution in [0.25, 0.3) is 0 Å². The van der Waals surface area contributed by atoms with Gasteiger partial charge >= 0.3 is 0 Å². The van der Waals surface area contributed by atoms with Crippen molar-refractivity contribution in [2.24, 2.45) is 0 Å². The first-order chi connectivity index (χ1) is 12.9. The summed E-state index contributed by atoms with van der Waals surface area (Å²) in [6.07, 6.45) is 3.76. The van der Waals surface area contributed by atoms with E-state index in [1.54, 1.807) is 31.5 Å². The van der Waals surface area contributed by atoms with Crippen LogP contribution in [-0.2, 0) is 10.0 Å². The van der Waals surface area contributed by atoms with Gasteiger partial charge in [-0.15, -0.1) is 0 Å². The van der Waals surface area contributed by atoms with E-state index in [-0.39, 0.29) is 4.90 Å². The van der Waals surface area contributed by atoms with Crippen molar-refractivity contribution in [2.45, 2.75) is 37.5 Å². The molecule has 146 valence electrons. The van der Waals surface area contributed by atoms with Gasteiger partial charge in [0.1, 0.15) is 11.6 Å². The smallest absolute Gasteiger partial charge is 0.263 e. The van der Waals surface area contributed by atoms with Crippen LogP contribution >= 0.6 is 0 Å². The minimum atomic E-state index is -3.68. The second-order valence-electron chi connectivity index (χ2n) is 7.02. The Bertz CT molecular complexity index is 899. The summed E-state index contributed by atoms with van der Waals surface area (Å²) in [7, 11) is -2.06. The Labute approximate surface area is 161 Å². The van der Waals surface area contributed by atoms with Crippen LogP contribution in [-0.4, -0.2) is 45.0 Å². The number of benzene rings is 1. The number of rotatable bonds is 7. The van der Waals surface area contributed by atoms with Gasteiger partial charge in [-0.2, -0.15) is 0 Å². The van der Waals surface area contributed by atoms with E-state index in [1.807, 2.05) is 19.1 Å². The summed E-state index contributed by atoms with van der Waals surface area (Å²) in [5.41, 5.74) is 1.90. The highest BCUT2D eigenvalue weighted by Crippen LogP contribution is 2.34. The van der Waals surface area contributed by atoms with Crippen LogP contribution in [0.3, 0.4) is 0 Å². The number of nitrogens with one attached hydrogen (secondary N) is 1. The lowest BCUT2D eigenvalue weighted by molar-refractivity contribution is 0.333. The molecular formula is C20H27N3O3S. The van der Waals surface area contributed by atoms with Gasteiger partial charge in [0.15, 0.2) is 0 Å². The van der Waals surface area contributed by atoms with Crippen molar-refractivity contribution < 1.29 is 13.2 Å². The van der Waals surface area contributed by atoms with Crippen LogP contribution < -0.4 is 9.46 Å². The van der Waals surface area contributed by atoms with Crippen molar-refractivity contribution in [3.8, 4) is 5.75 Å². The zero-order chi connectivity index (χ0) is 19.4. The zero-order valence-electron chi connectivity index (χ0n) is 16.1. The van der Waals surface area contributed by atoms with E-state index in [2.05, 4.69) is 21.5 Å². The molecule has 0 aliphatic carbocycles. The first-order valence-electron chi connectivity index (χ1n) is 9.28. The standard InChI is InChI=1S/C20H27N3O3S/c1-4-9-23-10-8-16(14-23)18-12-20(21-13-19(18)26-3)22-27(24,25)17-7-5-6-15(2)11-17/h5-7,11-13,16H,4,8-10,14H2,1-3H3,(H,21,22). The molecule has 3 rings (SSSR count). The number of ether oxygens (including phenoxy) is 1. The molecule has 0 amide bonds. The largest absolute Gasteiger partial charge is 0.495 e. The number of likely N-dealkylation sites (tertiary alicyclic amines) is 1. The summed E-state index contributed by atoms with van der Waals surface area (Å²) in [5, 5.41) is 0. The van der Waals surface area contributed by atoms with Crippen molar-refractivity contribution in [2.75, 3.05) is 31.5 Å². The van der Waals surface area contributed by atoms with Crippen LogP contribution in [0.1, 0.15) is 36.8 Å². The van der Waals surface area contributed by atoms with E-state index in [0.717, 1.165) is 43.6 Å². The van der Waals surface area contributed by atoms with Crippen LogP contribution in [0.4, 0.5) is 5.82 Å². The summed E-state index contributed by atoms with van der Waals surface area (Å²) >= 11 is 0. The first kappa shape index (κ1) is 19.6. The quantitative estimate of drug-likeness (QED) is 0.786. The molecule has 1 fully saturated rings. The van der Waals surface area contributed by atoms with Crippen molar-refractivity contribution in [1.29, 1.82) is 0 Å². The SMILES string of the molecule is CCCN1CCC(c2cc(NS(=O)(=O)c3cccc(C)c3)ncc2OC)C1. The van der Waals surface area contributed by atoms with Gasteiger partial charge in [0.2, 0.25) is 0 Å². The molecule has 1 aromatic carbocycles. The average molecular weight is 390 g/mol. The summed E-state index contributed by atoms with van der Waals surface area (Å²) in [6, 6.07) is 8.64. The number of methoxy groups -OCH3 is 1. The predicted molar refractivity (Wildman–Crippen MR) is 107 cm³/mol. The first-order valence-corrected chi connectivity index (χ1v) is 10.8. The number of nitrogens with zero attached hydrogens (tertiary/aromatic N) is 2. The molecule has 0 spiro atoms. The molecule has 1 saturated heterocycles. The van der Waals surface area contributed by atoms with Crippen LogP contribution in [0.2, 0.25) is 0 Å². The monoisotopic (exact) mass is 389 g/mol. The van der Waals surface area contributed by atoms with Gasteiger partial charge in [0.05, 0.1) is 18.2 Å². The predicted octanol–water partition coefficient (Wildman–Crippen LogP) is 3.40. The Hall–Kier alpha value is -2.12. The lowest BCUT2D eigenvalue weighted by Gasteiger charge is -2.18. The van der Waals surface area contributed by atoms with Gasteiger partial charge in [0.25, 0.3) is 10.0 Å². The number of aryl methyl sites for hydroxylation is 1. The van der Waals surface area contributed by atoms with E-state index in [4.69, 9.17) is 4.74 Å². The maximum Gasteiger partial charge on any atom is 0.263 e. The summed E-state index contributed by atoms with van der Waals surface area (Å²) in [6.45, 7) is 7.13. The Morgan fingerprint density at radius 2 is 2.15 bits per heavy atom. The topological polar surface area (TPSA) is 71.5 Å². The van der Waals surface area contributed by atoms with Crippen molar-refractivity contribution in [3.05, 3.63) is 47.7 Å². The fourth-order valence-corrected chi connectivity index (χ4v) is 4.69. The molecule has 2 aromatic rings. The van der Waals surface area contributed by atoms with Crippen LogP contribution in [0.5, 0.6) is 5.75 Å². The van der Waals surface area contributed by atoms with Crippen molar-refractivity contribution in [1.82, 2.24) is 9.88 Å². The number of sulfonamides is 1. The fraction of sp³-hybridized carbons (Fsp3) is 0.450. The third-order valence-electron chi connectivity index (χ3n) is 4.91. The molecule has 1 atom stereocenters. The highest BCUT2D eigenvalue weighted by molar-refractivity contribution is 7.92. The molecule has 0 radical (unpaired) electrons. The van der Waals surface area contributed by atoms with E-state index in [9.17, 15) is 8.42 Å². The third kappa shape index (κ3) is 4.59. The Balaban J connectivity index is 1.85. The number of hydrogen-bond donors (Lipinski definition) is 1. The molecule has 1 aromatic heterocycles. The van der Waals surface area contributed by atoms with Crippen LogP contribution in [0, 0.1) is 6.92 Å². The number of aromatic nitrogens is 1. The molecule has 27 heavy (non-hydrogen) atoms. The zero-order valence-corrected chi connectivity index (χ0v) is 16.9. The average Bonchev–Trinajstić information content (AvgIpc) is 3.10. The highest BCUT2D eigenvalue weighted by atomic mass is 32.2. The Kier molecular flexibility index (Phi) is 6.01. The molecular weight excluding hydrogens is 362 g/mol. The summed E-state index contributed by atoms with van der Waals surface area (Å²) in [5.74, 6) is 1.34. The molecule has 0 bridgehead atoms. The Morgan fingerprint density at radius 1 is 1.33 bits per heavy atom. The highest BCUT2D eigenvalue weighted by Gasteiger charge is 2.27. The molecule has 1 unspecified atom stereocenters. The number of hydrogen-bond acceptors (Lipinski definition) is 5. The van der Waals surface area contributed by atoms with Gasteiger partial charge in [-0.05, 0) is 56.6 Å². The third-order valence-corrected chi connectivity index (χ3v) is 6.26. The minimum absolute atomic E-state index is 0.233. The van der Waals surface area contributed by atoms with Crippen LogP contribution in [0.15, 0.2) is 41.4 Å². The van der Waals surface area contributed by atoms with Gasteiger partial charge in [-0.25, -0.2) is 13.4 Å². The molecule has 1 aliphatic heterocycles. The van der Waals surface area contributed by atoms with E-state index >= 15 is 0 Å². The van der Waals surface area contributed by atoms with Gasteiger partial charge in [-0.1, -0.05) is 19.1 Å². The van der Waals surface area contributed by atoms with E-state index in [1.165, 1.54) is 0 Å². The lowest BCUT2D eigenvalue weighted by atomic mass is 9.98. The van der Waals surface area contributed by atoms with E-state index in [0.29, 0.717) is 17.5 Å². The molecule has 0 saturated carbocycles. The normalized spacial score (nSPS) is 17.8.